The molecule has 0 aromatic rings. The van der Waals surface area contributed by atoms with Gasteiger partial charge in [0.2, 0.25) is 11.8 Å². The molecule has 1 saturated heterocycles. The normalized spacial score (nSPS) is 21.4. The van der Waals surface area contributed by atoms with Crippen molar-refractivity contribution in [2.75, 3.05) is 19.8 Å². The zero-order chi connectivity index (χ0) is 12.0. The van der Waals surface area contributed by atoms with E-state index in [0.29, 0.717) is 32.6 Å². The summed E-state index contributed by atoms with van der Waals surface area (Å²) in [5.74, 6) is -0.235. The van der Waals surface area contributed by atoms with Gasteiger partial charge in [-0.15, -0.1) is 0 Å². The minimum atomic E-state index is -0.142. The SMILES string of the molecule is CC=CCOCCCN1C(=O)C[C@@H](C)C1=O. The van der Waals surface area contributed by atoms with Gasteiger partial charge in [-0.2, -0.15) is 0 Å². The molecule has 0 bridgehead atoms. The molecule has 0 spiro atoms. The molecule has 16 heavy (non-hydrogen) atoms. The molecule has 0 N–H and O–H groups in total. The molecule has 4 nitrogen and oxygen atoms in total. The van der Waals surface area contributed by atoms with Crippen molar-refractivity contribution >= 4 is 11.8 Å². The van der Waals surface area contributed by atoms with Gasteiger partial charge in [0.05, 0.1) is 6.61 Å². The van der Waals surface area contributed by atoms with E-state index in [9.17, 15) is 9.59 Å². The van der Waals surface area contributed by atoms with Gasteiger partial charge in [0, 0.05) is 25.5 Å². The van der Waals surface area contributed by atoms with Crippen LogP contribution in [0.5, 0.6) is 0 Å². The van der Waals surface area contributed by atoms with Crippen LogP contribution in [0, 0.1) is 5.92 Å². The third kappa shape index (κ3) is 3.45. The van der Waals surface area contributed by atoms with Gasteiger partial charge in [0.1, 0.15) is 0 Å². The minimum absolute atomic E-state index is 0.0431. The van der Waals surface area contributed by atoms with Crippen molar-refractivity contribution in [3.8, 4) is 0 Å². The van der Waals surface area contributed by atoms with E-state index in [1.807, 2.05) is 19.1 Å². The van der Waals surface area contributed by atoms with Crippen LogP contribution in [0.15, 0.2) is 12.2 Å². The first-order chi connectivity index (χ1) is 7.66. The van der Waals surface area contributed by atoms with Gasteiger partial charge < -0.3 is 4.74 Å². The quantitative estimate of drug-likeness (QED) is 0.389. The summed E-state index contributed by atoms with van der Waals surface area (Å²) in [6.45, 7) is 5.39. The predicted octanol–water partition coefficient (Wildman–Crippen LogP) is 1.36. The molecule has 0 saturated carbocycles. The lowest BCUT2D eigenvalue weighted by Crippen LogP contribution is -2.31. The molecule has 1 rings (SSSR count). The smallest absolute Gasteiger partial charge is 0.232 e. The fourth-order valence-electron chi connectivity index (χ4n) is 1.66. The molecule has 1 aliphatic rings. The van der Waals surface area contributed by atoms with Gasteiger partial charge in [-0.1, -0.05) is 19.1 Å². The Bertz CT molecular complexity index is 286. The van der Waals surface area contributed by atoms with Crippen molar-refractivity contribution in [3.63, 3.8) is 0 Å². The maximum absolute atomic E-state index is 11.5. The summed E-state index contributed by atoms with van der Waals surface area (Å²) in [4.78, 5) is 24.3. The maximum atomic E-state index is 11.5. The highest BCUT2D eigenvalue weighted by Gasteiger charge is 2.34. The Hall–Kier alpha value is -1.16. The second-order valence-corrected chi connectivity index (χ2v) is 3.99. The highest BCUT2D eigenvalue weighted by atomic mass is 16.5. The summed E-state index contributed by atoms with van der Waals surface area (Å²) in [5.41, 5.74) is 0. The van der Waals surface area contributed by atoms with E-state index in [1.54, 1.807) is 6.92 Å². The van der Waals surface area contributed by atoms with Crippen molar-refractivity contribution in [2.45, 2.75) is 26.7 Å². The third-order valence-corrected chi connectivity index (χ3v) is 2.59. The number of carbonyl (C=O) groups excluding carboxylic acids is 2. The molecule has 1 aliphatic heterocycles. The van der Waals surface area contributed by atoms with Crippen LogP contribution in [0.1, 0.15) is 26.7 Å². The number of imide groups is 1. The fraction of sp³-hybridized carbons (Fsp3) is 0.667. The molecule has 1 heterocycles. The van der Waals surface area contributed by atoms with Crippen molar-refractivity contribution in [1.82, 2.24) is 4.90 Å². The second-order valence-electron chi connectivity index (χ2n) is 3.99. The average molecular weight is 225 g/mol. The van der Waals surface area contributed by atoms with Crippen LogP contribution in [-0.4, -0.2) is 36.5 Å². The lowest BCUT2D eigenvalue weighted by atomic mass is 10.1. The van der Waals surface area contributed by atoms with Gasteiger partial charge in [-0.05, 0) is 13.3 Å². The summed E-state index contributed by atoms with van der Waals surface area (Å²) < 4.78 is 5.30. The summed E-state index contributed by atoms with van der Waals surface area (Å²) in [6.07, 6.45) is 4.92. The average Bonchev–Trinajstić information content (AvgIpc) is 2.49. The summed E-state index contributed by atoms with van der Waals surface area (Å²) >= 11 is 0. The summed E-state index contributed by atoms with van der Waals surface area (Å²) in [7, 11) is 0. The number of hydrogen-bond donors (Lipinski definition) is 0. The number of nitrogens with zero attached hydrogens (tertiary/aromatic N) is 1. The standard InChI is InChI=1S/C12H19NO3/c1-3-4-7-16-8-5-6-13-11(14)9-10(2)12(13)15/h3-4,10H,5-9H2,1-2H3/t10-/m1/s1. The van der Waals surface area contributed by atoms with Gasteiger partial charge in [0.25, 0.3) is 0 Å². The molecule has 2 amide bonds. The number of rotatable bonds is 6. The van der Waals surface area contributed by atoms with E-state index >= 15 is 0 Å². The highest BCUT2D eigenvalue weighted by Crippen LogP contribution is 2.18. The number of hydrogen-bond acceptors (Lipinski definition) is 3. The van der Waals surface area contributed by atoms with E-state index in [1.165, 1.54) is 4.90 Å². The van der Waals surface area contributed by atoms with Crippen LogP contribution in [0.2, 0.25) is 0 Å². The molecule has 0 aromatic carbocycles. The first kappa shape index (κ1) is 12.9. The van der Waals surface area contributed by atoms with E-state index < -0.39 is 0 Å². The second kappa shape index (κ2) is 6.43. The van der Waals surface area contributed by atoms with Crippen molar-refractivity contribution in [2.24, 2.45) is 5.92 Å². The van der Waals surface area contributed by atoms with Gasteiger partial charge >= 0.3 is 0 Å². The molecule has 0 aliphatic carbocycles. The van der Waals surface area contributed by atoms with E-state index in [0.717, 1.165) is 0 Å². The Morgan fingerprint density at radius 2 is 2.25 bits per heavy atom. The largest absolute Gasteiger partial charge is 0.377 e. The Morgan fingerprint density at radius 3 is 2.81 bits per heavy atom. The molecule has 90 valence electrons. The lowest BCUT2D eigenvalue weighted by Gasteiger charge is -2.13. The molecule has 1 fully saturated rings. The number of ether oxygens (including phenoxy) is 1. The molecule has 0 unspecified atom stereocenters. The van der Waals surface area contributed by atoms with Crippen LogP contribution in [-0.2, 0) is 14.3 Å². The molecule has 4 heteroatoms. The Labute approximate surface area is 96.3 Å². The Morgan fingerprint density at radius 1 is 1.50 bits per heavy atom. The van der Waals surface area contributed by atoms with Crippen molar-refractivity contribution in [3.05, 3.63) is 12.2 Å². The minimum Gasteiger partial charge on any atom is -0.377 e. The summed E-state index contributed by atoms with van der Waals surface area (Å²) in [5, 5.41) is 0. The maximum Gasteiger partial charge on any atom is 0.232 e. The van der Waals surface area contributed by atoms with Crippen molar-refractivity contribution < 1.29 is 14.3 Å². The lowest BCUT2D eigenvalue weighted by molar-refractivity contribution is -0.139. The van der Waals surface area contributed by atoms with Crippen molar-refractivity contribution in [1.29, 1.82) is 0 Å². The fourth-order valence-corrected chi connectivity index (χ4v) is 1.66. The van der Waals surface area contributed by atoms with Crippen LogP contribution >= 0.6 is 0 Å². The highest BCUT2D eigenvalue weighted by molar-refractivity contribution is 6.03. The number of allylic oxidation sites excluding steroid dienone is 1. The van der Waals surface area contributed by atoms with Crippen LogP contribution in [0.25, 0.3) is 0 Å². The predicted molar refractivity (Wildman–Crippen MR) is 60.8 cm³/mol. The van der Waals surface area contributed by atoms with Gasteiger partial charge in [0.15, 0.2) is 0 Å². The Kier molecular flexibility index (Phi) is 5.19. The van der Waals surface area contributed by atoms with E-state index in [2.05, 4.69) is 0 Å². The zero-order valence-corrected chi connectivity index (χ0v) is 9.94. The zero-order valence-electron chi connectivity index (χ0n) is 9.94. The monoisotopic (exact) mass is 225 g/mol. The molecular weight excluding hydrogens is 206 g/mol. The van der Waals surface area contributed by atoms with Gasteiger partial charge in [-0.25, -0.2) is 0 Å². The van der Waals surface area contributed by atoms with E-state index in [4.69, 9.17) is 4.74 Å². The van der Waals surface area contributed by atoms with Crippen LogP contribution < -0.4 is 0 Å². The third-order valence-electron chi connectivity index (χ3n) is 2.59. The van der Waals surface area contributed by atoms with E-state index in [-0.39, 0.29) is 17.7 Å². The summed E-state index contributed by atoms with van der Waals surface area (Å²) in [6, 6.07) is 0. The molecule has 1 atom stereocenters. The number of amides is 2. The molecule has 0 radical (unpaired) electrons. The number of carbonyl (C=O) groups is 2. The van der Waals surface area contributed by atoms with Crippen LogP contribution in [0.4, 0.5) is 0 Å². The topological polar surface area (TPSA) is 46.6 Å². The van der Waals surface area contributed by atoms with Crippen LogP contribution in [0.3, 0.4) is 0 Å². The van der Waals surface area contributed by atoms with Gasteiger partial charge in [-0.3, -0.25) is 14.5 Å². The molecule has 0 aromatic heterocycles. The first-order valence-corrected chi connectivity index (χ1v) is 5.70. The molecular formula is C12H19NO3. The Balaban J connectivity index is 2.18. The first-order valence-electron chi connectivity index (χ1n) is 5.70. The number of likely N-dealkylation sites (tertiary alicyclic amines) is 1.